The minimum Gasteiger partial charge on any atom is -0.495 e. The maximum atomic E-state index is 8.63. The molecule has 0 aliphatic carbocycles. The van der Waals surface area contributed by atoms with E-state index in [1.165, 1.54) is 0 Å². The molecule has 0 aliphatic rings. The number of aryl methyl sites for hydroxylation is 1. The number of nitrogens with zero attached hydrogens (tertiary/aromatic N) is 1. The van der Waals surface area contributed by atoms with Gasteiger partial charge in [-0.15, -0.1) is 0 Å². The van der Waals surface area contributed by atoms with E-state index in [4.69, 9.17) is 10.00 Å². The molecule has 0 amide bonds. The van der Waals surface area contributed by atoms with Crippen LogP contribution in [0.2, 0.25) is 0 Å². The second-order valence-electron chi connectivity index (χ2n) is 2.16. The van der Waals surface area contributed by atoms with Gasteiger partial charge < -0.3 is 4.74 Å². The number of rotatable bonds is 1. The van der Waals surface area contributed by atoms with E-state index in [9.17, 15) is 0 Å². The van der Waals surface area contributed by atoms with E-state index in [2.05, 4.69) is 6.07 Å². The number of hydrogen-bond acceptors (Lipinski definition) is 2. The van der Waals surface area contributed by atoms with Crippen LogP contribution in [0.15, 0.2) is 12.1 Å². The highest BCUT2D eigenvalue weighted by atomic mass is 16.5. The molecular weight excluding hydrogens is 138 g/mol. The normalized spacial score (nSPS) is 8.82. The quantitative estimate of drug-likeness (QED) is 0.603. The maximum Gasteiger partial charge on any atom is 0.140 e. The third kappa shape index (κ3) is 1.32. The molecule has 1 radical (unpaired) electrons. The second-order valence-corrected chi connectivity index (χ2v) is 2.16. The largest absolute Gasteiger partial charge is 0.495 e. The van der Waals surface area contributed by atoms with Crippen molar-refractivity contribution >= 4 is 0 Å². The van der Waals surface area contributed by atoms with Gasteiger partial charge in [-0.05, 0) is 19.1 Å². The average molecular weight is 146 g/mol. The number of benzene rings is 1. The molecule has 1 aromatic carbocycles. The van der Waals surface area contributed by atoms with Gasteiger partial charge in [0.15, 0.2) is 0 Å². The highest BCUT2D eigenvalue weighted by Gasteiger charge is 2.03. The Labute approximate surface area is 66.0 Å². The summed E-state index contributed by atoms with van der Waals surface area (Å²) in [4.78, 5) is 0. The Balaban J connectivity index is 3.27. The molecular formula is C9H8NO. The van der Waals surface area contributed by atoms with Crippen LogP contribution >= 0.6 is 0 Å². The lowest BCUT2D eigenvalue weighted by Crippen LogP contribution is -1.90. The van der Waals surface area contributed by atoms with Gasteiger partial charge in [-0.1, -0.05) is 6.07 Å². The third-order valence-corrected chi connectivity index (χ3v) is 1.46. The maximum absolute atomic E-state index is 8.63. The monoisotopic (exact) mass is 146 g/mol. The molecule has 0 N–H and O–H groups in total. The van der Waals surface area contributed by atoms with E-state index in [-0.39, 0.29) is 0 Å². The summed E-state index contributed by atoms with van der Waals surface area (Å²) >= 11 is 0. The van der Waals surface area contributed by atoms with Gasteiger partial charge in [0.25, 0.3) is 0 Å². The third-order valence-electron chi connectivity index (χ3n) is 1.46. The summed E-state index contributed by atoms with van der Waals surface area (Å²) in [6.07, 6.45) is 0. The van der Waals surface area contributed by atoms with Crippen LogP contribution in [0, 0.1) is 24.3 Å². The zero-order valence-corrected chi connectivity index (χ0v) is 6.51. The summed E-state index contributed by atoms with van der Waals surface area (Å²) in [7, 11) is 1.55. The predicted molar refractivity (Wildman–Crippen MR) is 41.3 cm³/mol. The highest BCUT2D eigenvalue weighted by molar-refractivity contribution is 5.47. The summed E-state index contributed by atoms with van der Waals surface area (Å²) in [6, 6.07) is 8.40. The molecule has 1 rings (SSSR count). The molecule has 11 heavy (non-hydrogen) atoms. The fraction of sp³-hybridized carbons (Fsp3) is 0.222. The van der Waals surface area contributed by atoms with E-state index < -0.39 is 0 Å². The van der Waals surface area contributed by atoms with Gasteiger partial charge in [0.2, 0.25) is 0 Å². The molecule has 0 atom stereocenters. The van der Waals surface area contributed by atoms with Crippen molar-refractivity contribution in [2.24, 2.45) is 0 Å². The van der Waals surface area contributed by atoms with Gasteiger partial charge in [-0.25, -0.2) is 0 Å². The number of hydrogen-bond donors (Lipinski definition) is 0. The van der Waals surface area contributed by atoms with Crippen LogP contribution in [0.3, 0.4) is 0 Å². The van der Waals surface area contributed by atoms with Gasteiger partial charge >= 0.3 is 0 Å². The first-order valence-electron chi connectivity index (χ1n) is 3.25. The molecule has 0 aliphatic heterocycles. The van der Waals surface area contributed by atoms with Crippen LogP contribution in [-0.2, 0) is 0 Å². The van der Waals surface area contributed by atoms with Crippen molar-refractivity contribution < 1.29 is 4.74 Å². The number of ether oxygens (including phenoxy) is 1. The summed E-state index contributed by atoms with van der Waals surface area (Å²) in [6.45, 7) is 1.86. The smallest absolute Gasteiger partial charge is 0.140 e. The molecule has 0 unspecified atom stereocenters. The van der Waals surface area contributed by atoms with E-state index >= 15 is 0 Å². The van der Waals surface area contributed by atoms with Crippen molar-refractivity contribution in [3.63, 3.8) is 0 Å². The lowest BCUT2D eigenvalue weighted by Gasteiger charge is -2.03. The van der Waals surface area contributed by atoms with Crippen LogP contribution in [-0.4, -0.2) is 7.11 Å². The van der Waals surface area contributed by atoms with Crippen molar-refractivity contribution in [3.05, 3.63) is 29.3 Å². The Morgan fingerprint density at radius 2 is 2.36 bits per heavy atom. The Kier molecular flexibility index (Phi) is 2.12. The highest BCUT2D eigenvalue weighted by Crippen LogP contribution is 2.20. The minimum absolute atomic E-state index is 0.559. The standard InChI is InChI=1S/C9H8NO/c1-7-4-3-5-8(6-10)9(7)11-2/h3,5H,1-2H3. The zero-order chi connectivity index (χ0) is 8.27. The molecule has 55 valence electrons. The summed E-state index contributed by atoms with van der Waals surface area (Å²) < 4.78 is 5.01. The van der Waals surface area contributed by atoms with Crippen molar-refractivity contribution in [2.75, 3.05) is 7.11 Å². The van der Waals surface area contributed by atoms with E-state index in [0.29, 0.717) is 11.3 Å². The molecule has 0 saturated heterocycles. The van der Waals surface area contributed by atoms with Crippen molar-refractivity contribution in [1.29, 1.82) is 5.26 Å². The van der Waals surface area contributed by atoms with Crippen molar-refractivity contribution in [3.8, 4) is 11.8 Å². The first-order valence-corrected chi connectivity index (χ1v) is 3.25. The van der Waals surface area contributed by atoms with Crippen LogP contribution in [0.25, 0.3) is 0 Å². The first kappa shape index (κ1) is 7.62. The molecule has 0 bridgehead atoms. The fourth-order valence-electron chi connectivity index (χ4n) is 0.944. The Morgan fingerprint density at radius 1 is 1.64 bits per heavy atom. The predicted octanol–water partition coefficient (Wildman–Crippen LogP) is 1.68. The van der Waals surface area contributed by atoms with Crippen molar-refractivity contribution in [1.82, 2.24) is 0 Å². The van der Waals surface area contributed by atoms with Gasteiger partial charge in [0.05, 0.1) is 12.7 Å². The molecule has 2 nitrogen and oxygen atoms in total. The Hall–Kier alpha value is -1.49. The summed E-state index contributed by atoms with van der Waals surface area (Å²) in [5.41, 5.74) is 1.43. The van der Waals surface area contributed by atoms with Gasteiger partial charge in [-0.2, -0.15) is 5.26 Å². The summed E-state index contributed by atoms with van der Waals surface area (Å²) in [5, 5.41) is 8.63. The van der Waals surface area contributed by atoms with Crippen molar-refractivity contribution in [2.45, 2.75) is 6.92 Å². The lowest BCUT2D eigenvalue weighted by molar-refractivity contribution is 0.410. The van der Waals surface area contributed by atoms with Crippen LogP contribution in [0.5, 0.6) is 5.75 Å². The van der Waals surface area contributed by atoms with Gasteiger partial charge in [-0.3, -0.25) is 0 Å². The molecule has 0 saturated carbocycles. The van der Waals surface area contributed by atoms with Gasteiger partial charge in [0.1, 0.15) is 11.8 Å². The SMILES string of the molecule is COc1c(C)[c]ccc1C#N. The van der Waals surface area contributed by atoms with Gasteiger partial charge in [0, 0.05) is 5.56 Å². The topological polar surface area (TPSA) is 33.0 Å². The van der Waals surface area contributed by atoms with Crippen LogP contribution < -0.4 is 4.74 Å². The van der Waals surface area contributed by atoms with E-state index in [1.807, 2.05) is 13.0 Å². The van der Waals surface area contributed by atoms with Crippen LogP contribution in [0.4, 0.5) is 0 Å². The first-order chi connectivity index (χ1) is 5.29. The molecule has 0 aromatic heterocycles. The fourth-order valence-corrected chi connectivity index (χ4v) is 0.944. The number of nitriles is 1. The Morgan fingerprint density at radius 3 is 2.82 bits per heavy atom. The van der Waals surface area contributed by atoms with E-state index in [1.54, 1.807) is 19.2 Å². The molecule has 0 fully saturated rings. The summed E-state index contributed by atoms with van der Waals surface area (Å²) in [5.74, 6) is 0.620. The average Bonchev–Trinajstić information content (AvgIpc) is 2.04. The van der Waals surface area contributed by atoms with Crippen LogP contribution in [0.1, 0.15) is 11.1 Å². The minimum atomic E-state index is 0.559. The lowest BCUT2D eigenvalue weighted by atomic mass is 10.1. The molecule has 0 heterocycles. The zero-order valence-electron chi connectivity index (χ0n) is 6.51. The molecule has 2 heteroatoms. The second kappa shape index (κ2) is 3.07. The van der Waals surface area contributed by atoms with E-state index in [0.717, 1.165) is 5.56 Å². The molecule has 1 aromatic rings. The Bertz CT molecular complexity index is 299. The molecule has 0 spiro atoms. The number of methoxy groups -OCH3 is 1.